The van der Waals surface area contributed by atoms with E-state index in [-0.39, 0.29) is 18.1 Å². The topological polar surface area (TPSA) is 60.0 Å². The van der Waals surface area contributed by atoms with Crippen LogP contribution in [0.3, 0.4) is 0 Å². The molecule has 7 heteroatoms. The van der Waals surface area contributed by atoms with E-state index in [9.17, 15) is 0 Å². The van der Waals surface area contributed by atoms with Gasteiger partial charge in [-0.2, -0.15) is 0 Å². The Morgan fingerprint density at radius 2 is 0.945 bits per heavy atom. The van der Waals surface area contributed by atoms with Gasteiger partial charge in [0, 0.05) is 5.56 Å². The van der Waals surface area contributed by atoms with Gasteiger partial charge >= 0.3 is 0 Å². The number of rotatable bonds is 13. The Morgan fingerprint density at radius 3 is 1.38 bits per heavy atom. The molecule has 3 atom stereocenters. The number of methoxy groups -OCH3 is 2. The summed E-state index contributed by atoms with van der Waals surface area (Å²) >= 11 is 0. The van der Waals surface area contributed by atoms with Crippen molar-refractivity contribution in [2.24, 2.45) is 0 Å². The molecular weight excluding hydrogens is 699 g/mol. The molecule has 0 bridgehead atoms. The van der Waals surface area contributed by atoms with Crippen LogP contribution >= 0.6 is 0 Å². The van der Waals surface area contributed by atoms with E-state index in [1.807, 2.05) is 72.8 Å². The van der Waals surface area contributed by atoms with Crippen LogP contribution in [0.25, 0.3) is 0 Å². The standard InChI is InChI=1S/C48H51NO5Si/c1-47(2,3)55(43-22-14-8-15-23-43,44-24-16-9-17-25-44)54-46-36-49(50,34-37-18-10-6-11-19-37)35-45(46)53-48(38-20-12-7-13-21-38,39-26-30-41(51-4)31-27-39)40-28-32-42(52-5)33-29-40/h6-33,45-46H,34-36H2,1-5H3/t45-,46-,49?/m0/s1. The number of ether oxygens (including phenoxy) is 3. The van der Waals surface area contributed by atoms with E-state index in [1.165, 1.54) is 0 Å². The second kappa shape index (κ2) is 16.0. The molecule has 6 aromatic carbocycles. The van der Waals surface area contributed by atoms with Gasteiger partial charge in [0.2, 0.25) is 0 Å². The molecule has 0 aromatic heterocycles. The normalized spacial score (nSPS) is 18.9. The molecule has 0 radical (unpaired) electrons. The van der Waals surface area contributed by atoms with Crippen LogP contribution in [0.5, 0.6) is 11.5 Å². The minimum absolute atomic E-state index is 0.207. The highest BCUT2D eigenvalue weighted by atomic mass is 28.4. The van der Waals surface area contributed by atoms with Gasteiger partial charge in [0.05, 0.1) is 14.2 Å². The van der Waals surface area contributed by atoms with Crippen molar-refractivity contribution in [2.45, 2.75) is 50.2 Å². The van der Waals surface area contributed by atoms with Crippen molar-refractivity contribution in [3.8, 4) is 11.5 Å². The minimum atomic E-state index is -3.11. The van der Waals surface area contributed by atoms with E-state index in [0.29, 0.717) is 6.54 Å². The van der Waals surface area contributed by atoms with Crippen molar-refractivity contribution in [3.63, 3.8) is 0 Å². The molecule has 6 aromatic rings. The number of benzene rings is 6. The third-order valence-corrected chi connectivity index (χ3v) is 16.1. The Morgan fingerprint density at radius 1 is 0.545 bits per heavy atom. The summed E-state index contributed by atoms with van der Waals surface area (Å²) in [5.74, 6) is 1.49. The summed E-state index contributed by atoms with van der Waals surface area (Å²) in [5.41, 5.74) is 2.62. The average molecular weight is 750 g/mol. The number of hydrogen-bond acceptors (Lipinski definition) is 5. The van der Waals surface area contributed by atoms with Crippen molar-refractivity contribution >= 4 is 18.7 Å². The first kappa shape index (κ1) is 38.3. The van der Waals surface area contributed by atoms with Gasteiger partial charge in [-0.15, -0.1) is 0 Å². The Bertz CT molecular complexity index is 2020. The van der Waals surface area contributed by atoms with Crippen LogP contribution in [0, 0.1) is 5.21 Å². The molecule has 6 nitrogen and oxygen atoms in total. The van der Waals surface area contributed by atoms with Gasteiger partial charge in [0.15, 0.2) is 0 Å². The number of likely N-dealkylation sites (tertiary alicyclic amines) is 1. The van der Waals surface area contributed by atoms with Gasteiger partial charge in [-0.25, -0.2) is 0 Å². The van der Waals surface area contributed by atoms with E-state index in [2.05, 4.69) is 118 Å². The summed E-state index contributed by atoms with van der Waals surface area (Å²) in [7, 11) is 0.229. The summed E-state index contributed by atoms with van der Waals surface area (Å²) in [4.78, 5) is 0. The smallest absolute Gasteiger partial charge is 0.261 e. The molecule has 0 spiro atoms. The maximum Gasteiger partial charge on any atom is 0.261 e. The molecule has 1 saturated heterocycles. The predicted molar refractivity (Wildman–Crippen MR) is 223 cm³/mol. The van der Waals surface area contributed by atoms with E-state index < -0.39 is 30.8 Å². The van der Waals surface area contributed by atoms with Gasteiger partial charge in [0.1, 0.15) is 48.9 Å². The summed E-state index contributed by atoms with van der Waals surface area (Å²) in [6.07, 6.45) is -1.15. The fourth-order valence-electron chi connectivity index (χ4n) is 8.41. The number of hydrogen-bond donors (Lipinski definition) is 0. The van der Waals surface area contributed by atoms with E-state index in [1.54, 1.807) is 14.2 Å². The first-order chi connectivity index (χ1) is 26.6. The highest BCUT2D eigenvalue weighted by molar-refractivity contribution is 6.99. The Kier molecular flexibility index (Phi) is 11.1. The van der Waals surface area contributed by atoms with Crippen LogP contribution in [-0.2, 0) is 21.3 Å². The minimum Gasteiger partial charge on any atom is -0.632 e. The zero-order valence-corrected chi connectivity index (χ0v) is 33.4. The monoisotopic (exact) mass is 749 g/mol. The van der Waals surface area contributed by atoms with Gasteiger partial charge in [-0.3, -0.25) is 0 Å². The van der Waals surface area contributed by atoms with Crippen LogP contribution in [0.2, 0.25) is 5.04 Å². The third kappa shape index (κ3) is 7.64. The summed E-state index contributed by atoms with van der Waals surface area (Å²) in [6.45, 7) is 7.58. The van der Waals surface area contributed by atoms with Crippen LogP contribution in [0.1, 0.15) is 43.0 Å². The van der Waals surface area contributed by atoms with Crippen LogP contribution in [0.15, 0.2) is 170 Å². The van der Waals surface area contributed by atoms with E-state index in [0.717, 1.165) is 44.1 Å². The highest BCUT2D eigenvalue weighted by Crippen LogP contribution is 2.46. The summed E-state index contributed by atoms with van der Waals surface area (Å²) < 4.78 is 26.4. The van der Waals surface area contributed by atoms with E-state index >= 15 is 5.21 Å². The van der Waals surface area contributed by atoms with Crippen LogP contribution in [0.4, 0.5) is 0 Å². The fourth-order valence-corrected chi connectivity index (χ4v) is 13.1. The zero-order valence-electron chi connectivity index (χ0n) is 32.4. The largest absolute Gasteiger partial charge is 0.632 e. The second-order valence-corrected chi connectivity index (χ2v) is 19.8. The molecule has 0 N–H and O–H groups in total. The fraction of sp³-hybridized carbons (Fsp3) is 0.250. The van der Waals surface area contributed by atoms with E-state index in [4.69, 9.17) is 18.6 Å². The van der Waals surface area contributed by atoms with Crippen molar-refractivity contribution in [3.05, 3.63) is 197 Å². The van der Waals surface area contributed by atoms with Crippen molar-refractivity contribution in [2.75, 3.05) is 27.3 Å². The lowest BCUT2D eigenvalue weighted by molar-refractivity contribution is -0.884. The summed E-state index contributed by atoms with van der Waals surface area (Å²) in [6, 6.07) is 57.7. The molecule has 1 heterocycles. The molecule has 1 unspecified atom stereocenters. The number of nitrogens with zero attached hydrogens (tertiary/aromatic N) is 1. The molecule has 1 aliphatic heterocycles. The maximum atomic E-state index is 15.3. The quantitative estimate of drug-likeness (QED) is 0.0511. The average Bonchev–Trinajstić information content (AvgIpc) is 3.53. The third-order valence-electron chi connectivity index (χ3n) is 11.0. The second-order valence-electron chi connectivity index (χ2n) is 15.5. The molecule has 0 aliphatic carbocycles. The highest BCUT2D eigenvalue weighted by Gasteiger charge is 2.56. The summed E-state index contributed by atoms with van der Waals surface area (Å²) in [5, 5.41) is 17.3. The lowest BCUT2D eigenvalue weighted by atomic mass is 9.79. The molecule has 0 amide bonds. The molecule has 282 valence electrons. The van der Waals surface area contributed by atoms with Crippen molar-refractivity contribution < 1.29 is 23.3 Å². The molecule has 1 aliphatic rings. The Balaban J connectivity index is 1.44. The lowest BCUT2D eigenvalue weighted by Gasteiger charge is -2.46. The molecule has 7 rings (SSSR count). The SMILES string of the molecule is COc1ccc(C(O[C@H]2C[N+]([O-])(Cc3ccccc3)C[C@@H]2O[Si](c2ccccc2)(c2ccccc2)C(C)(C)C)(c2ccccc2)c2ccc(OC)cc2)cc1. The molecule has 55 heavy (non-hydrogen) atoms. The van der Waals surface area contributed by atoms with Gasteiger partial charge < -0.3 is 28.5 Å². The Hall–Kier alpha value is -5.02. The molecule has 0 saturated carbocycles. The maximum absolute atomic E-state index is 15.3. The molecule has 1 fully saturated rings. The Labute approximate surface area is 327 Å². The van der Waals surface area contributed by atoms with Crippen molar-refractivity contribution in [1.29, 1.82) is 0 Å². The lowest BCUT2D eigenvalue weighted by Crippen LogP contribution is -2.68. The van der Waals surface area contributed by atoms with Crippen LogP contribution in [-0.4, -0.2) is 52.5 Å². The van der Waals surface area contributed by atoms with Crippen molar-refractivity contribution in [1.82, 2.24) is 0 Å². The zero-order chi connectivity index (χ0) is 38.5. The first-order valence-electron chi connectivity index (χ1n) is 19.0. The number of quaternary nitrogens is 1. The van der Waals surface area contributed by atoms with Crippen LogP contribution < -0.4 is 19.8 Å². The molecular formula is C48H51NO5Si. The van der Waals surface area contributed by atoms with Gasteiger partial charge in [-0.05, 0) is 56.4 Å². The number of hydroxylamine groups is 3. The van der Waals surface area contributed by atoms with Gasteiger partial charge in [0.25, 0.3) is 8.32 Å². The predicted octanol–water partition coefficient (Wildman–Crippen LogP) is 8.85. The first-order valence-corrected chi connectivity index (χ1v) is 20.9. The van der Waals surface area contributed by atoms with Gasteiger partial charge in [-0.1, -0.05) is 166 Å².